The zero-order chi connectivity index (χ0) is 31.3. The van der Waals surface area contributed by atoms with Gasteiger partial charge in [-0.1, -0.05) is 5.11 Å². The van der Waals surface area contributed by atoms with Crippen molar-refractivity contribution in [3.63, 3.8) is 0 Å². The Morgan fingerprint density at radius 2 is 1.77 bits per heavy atom. The van der Waals surface area contributed by atoms with Crippen LogP contribution in [0.4, 0.5) is 11.8 Å². The van der Waals surface area contributed by atoms with Crippen LogP contribution in [0.15, 0.2) is 28.9 Å². The molecule has 234 valence electrons. The van der Waals surface area contributed by atoms with E-state index in [1.165, 1.54) is 17.2 Å². The van der Waals surface area contributed by atoms with Gasteiger partial charge in [0, 0.05) is 4.91 Å². The first-order valence-electron chi connectivity index (χ1n) is 12.7. The summed E-state index contributed by atoms with van der Waals surface area (Å²) in [7, 11) is -5.10. The van der Waals surface area contributed by atoms with Crippen molar-refractivity contribution in [2.24, 2.45) is 5.11 Å². The molecule has 0 radical (unpaired) electrons. The van der Waals surface area contributed by atoms with Gasteiger partial charge in [-0.3, -0.25) is 28.0 Å². The van der Waals surface area contributed by atoms with Gasteiger partial charge in [-0.15, -0.1) is 0 Å². The molecule has 2 aliphatic rings. The van der Waals surface area contributed by atoms with Crippen molar-refractivity contribution in [2.75, 3.05) is 24.7 Å². The van der Waals surface area contributed by atoms with Gasteiger partial charge in [0.2, 0.25) is 5.95 Å². The molecule has 0 aromatic carbocycles. The first-order valence-corrected chi connectivity index (χ1v) is 14.2. The van der Waals surface area contributed by atoms with Crippen molar-refractivity contribution in [1.29, 1.82) is 0 Å². The Kier molecular flexibility index (Phi) is 7.67. The number of nitrogens with two attached hydrogens (primary N) is 2. The zero-order valence-corrected chi connectivity index (χ0v) is 23.0. The van der Waals surface area contributed by atoms with E-state index in [1.54, 1.807) is 0 Å². The summed E-state index contributed by atoms with van der Waals surface area (Å²) in [5.41, 5.74) is 20.1. The summed E-state index contributed by atoms with van der Waals surface area (Å²) < 4.78 is 37.6. The summed E-state index contributed by atoms with van der Waals surface area (Å²) >= 11 is 0. The van der Waals surface area contributed by atoms with Crippen LogP contribution in [0.5, 0.6) is 0 Å². The number of nitrogen functional groups attached to an aromatic ring is 2. The summed E-state index contributed by atoms with van der Waals surface area (Å²) in [5.74, 6) is -0.192. The minimum atomic E-state index is -5.10. The lowest BCUT2D eigenvalue weighted by Gasteiger charge is -2.25. The Morgan fingerprint density at radius 3 is 2.50 bits per heavy atom. The molecule has 2 fully saturated rings. The van der Waals surface area contributed by atoms with Crippen molar-refractivity contribution in [3.8, 4) is 0 Å². The average Bonchev–Trinajstić information content (AvgIpc) is 3.74. The molecule has 0 bridgehead atoms. The molecule has 24 heteroatoms. The number of nitrogens with zero attached hydrogens (tertiary/aromatic N) is 10. The number of rotatable bonds is 9. The van der Waals surface area contributed by atoms with Gasteiger partial charge in [0.15, 0.2) is 35.1 Å². The maximum Gasteiger partial charge on any atom is 0.472 e. The van der Waals surface area contributed by atoms with Gasteiger partial charge in [0.05, 0.1) is 38.0 Å². The highest BCUT2D eigenvalue weighted by Crippen LogP contribution is 2.50. The monoisotopic (exact) mass is 637 g/mol. The van der Waals surface area contributed by atoms with E-state index in [-0.39, 0.29) is 34.1 Å². The van der Waals surface area contributed by atoms with Crippen LogP contribution in [0, 0.1) is 0 Å². The van der Waals surface area contributed by atoms with Crippen LogP contribution in [-0.2, 0) is 23.1 Å². The predicted octanol–water partition coefficient (Wildman–Crippen LogP) is -2.19. The van der Waals surface area contributed by atoms with Crippen LogP contribution >= 0.6 is 7.82 Å². The fourth-order valence-electron chi connectivity index (χ4n) is 5.04. The van der Waals surface area contributed by atoms with Gasteiger partial charge < -0.3 is 41.2 Å². The Hall–Kier alpha value is -4.28. The van der Waals surface area contributed by atoms with E-state index in [1.807, 2.05) is 0 Å². The van der Waals surface area contributed by atoms with Crippen LogP contribution in [0.25, 0.3) is 32.8 Å². The van der Waals surface area contributed by atoms with Crippen LogP contribution in [0.1, 0.15) is 12.5 Å². The number of aliphatic hydroxyl groups is 3. The van der Waals surface area contributed by atoms with Crippen molar-refractivity contribution >= 4 is 41.9 Å². The topological polar surface area (TPSA) is 343 Å². The summed E-state index contributed by atoms with van der Waals surface area (Å²) in [6.07, 6.45) is -6.41. The number of imidazole rings is 2. The van der Waals surface area contributed by atoms with Crippen molar-refractivity contribution in [3.05, 3.63) is 39.8 Å². The summed E-state index contributed by atoms with van der Waals surface area (Å²) in [6.45, 7) is -1.46. The van der Waals surface area contributed by atoms with E-state index in [9.17, 15) is 29.6 Å². The molecule has 23 nitrogen and oxygen atoms in total. The van der Waals surface area contributed by atoms with Crippen LogP contribution in [0.3, 0.4) is 0 Å². The number of hydrogen-bond donors (Lipinski definition) is 7. The number of aliphatic hydroxyl groups excluding tert-OH is 3. The summed E-state index contributed by atoms with van der Waals surface area (Å²) in [5, 5.41) is 34.7. The highest BCUT2D eigenvalue weighted by molar-refractivity contribution is 7.47. The van der Waals surface area contributed by atoms with Crippen LogP contribution in [0.2, 0.25) is 0 Å². The fourth-order valence-corrected chi connectivity index (χ4v) is 5.97. The molecule has 0 aliphatic carbocycles. The highest BCUT2D eigenvalue weighted by atomic mass is 31.2. The molecular formula is C20H24N13O10P. The molecule has 44 heavy (non-hydrogen) atoms. The second-order valence-corrected chi connectivity index (χ2v) is 11.1. The molecule has 2 saturated heterocycles. The van der Waals surface area contributed by atoms with Gasteiger partial charge in [0.25, 0.3) is 5.56 Å². The lowest BCUT2D eigenvalue weighted by molar-refractivity contribution is -0.0615. The predicted molar refractivity (Wildman–Crippen MR) is 143 cm³/mol. The molecular weight excluding hydrogens is 613 g/mol. The van der Waals surface area contributed by atoms with Crippen LogP contribution in [-0.4, -0.2) is 109 Å². The third kappa shape index (κ3) is 5.11. The van der Waals surface area contributed by atoms with Gasteiger partial charge in [-0.2, -0.15) is 4.98 Å². The molecule has 0 spiro atoms. The van der Waals surface area contributed by atoms with Crippen molar-refractivity contribution in [2.45, 2.75) is 49.0 Å². The van der Waals surface area contributed by atoms with E-state index in [4.69, 9.17) is 35.5 Å². The number of fused-ring (bicyclic) bond motifs is 2. The zero-order valence-electron chi connectivity index (χ0n) is 22.1. The SMILES string of the molecule is [N-]=[N+]=N[C@H]1[C@@H](OP(=O)(O)OC[C@H]2O[C@@H](n3cnc4c(N)ncnc43)[C@H](O)[C@@H]2O)[C@H](n2cnc3c(=O)[nH]c(N)nc32)O[C@@H]1CO. The van der Waals surface area contributed by atoms with E-state index in [0.29, 0.717) is 0 Å². The normalized spacial score (nSPS) is 30.1. The maximum absolute atomic E-state index is 13.2. The Balaban J connectivity index is 1.22. The summed E-state index contributed by atoms with van der Waals surface area (Å²) in [6, 6.07) is -1.38. The van der Waals surface area contributed by atoms with E-state index < -0.39 is 75.6 Å². The van der Waals surface area contributed by atoms with Gasteiger partial charge in [-0.25, -0.2) is 24.5 Å². The Labute approximate surface area is 243 Å². The lowest BCUT2D eigenvalue weighted by Crippen LogP contribution is -2.35. The maximum atomic E-state index is 13.2. The average molecular weight is 637 g/mol. The molecule has 0 amide bonds. The first-order chi connectivity index (χ1) is 21.0. The van der Waals surface area contributed by atoms with E-state index >= 15 is 0 Å². The molecule has 6 heterocycles. The molecule has 4 aromatic rings. The first kappa shape index (κ1) is 29.8. The second kappa shape index (κ2) is 11.3. The molecule has 0 saturated carbocycles. The van der Waals surface area contributed by atoms with Gasteiger partial charge in [0.1, 0.15) is 36.3 Å². The fraction of sp³-hybridized carbons (Fsp3) is 0.500. The Morgan fingerprint density at radius 1 is 1.07 bits per heavy atom. The third-order valence-corrected chi connectivity index (χ3v) is 8.04. The number of aromatic nitrogens is 8. The van der Waals surface area contributed by atoms with Crippen molar-refractivity contribution < 1.29 is 43.3 Å². The number of phosphoric ester groups is 1. The molecule has 6 rings (SSSR count). The number of ether oxygens (including phenoxy) is 2. The van der Waals surface area contributed by atoms with E-state index in [2.05, 4.69) is 39.9 Å². The highest BCUT2D eigenvalue weighted by Gasteiger charge is 2.51. The molecule has 4 aromatic heterocycles. The largest absolute Gasteiger partial charge is 0.472 e. The minimum absolute atomic E-state index is 0.0754. The standard InChI is InChI=1S/C20H24N13O10P/c21-14-9-15(25-3-24-14)32(4-26-9)18-12(36)11(35)7(42-18)2-40-44(38,39)43-13-8(30-31-23)6(1-34)41-19(13)33-5-27-10-16(33)28-20(22)29-17(10)37/h3-8,11-13,18-19,34-36H,1-2H2,(H,38,39)(H2,21,24,25)(H3,22,28,29,37)/t6-,7-,8-,11-,12-,13-,18-,19-/m1/s1. The van der Waals surface area contributed by atoms with Crippen LogP contribution < -0.4 is 17.0 Å². The van der Waals surface area contributed by atoms with Gasteiger partial charge in [-0.05, 0) is 5.53 Å². The smallest absolute Gasteiger partial charge is 0.394 e. The molecule has 1 unspecified atom stereocenters. The number of phosphoric acid groups is 1. The molecule has 2 aliphatic heterocycles. The third-order valence-electron chi connectivity index (χ3n) is 7.06. The lowest BCUT2D eigenvalue weighted by atomic mass is 10.1. The number of anilines is 2. The number of azide groups is 1. The van der Waals surface area contributed by atoms with E-state index in [0.717, 1.165) is 10.9 Å². The number of hydrogen-bond acceptors (Lipinski definition) is 17. The number of aromatic amines is 1. The summed E-state index contributed by atoms with van der Waals surface area (Å²) in [4.78, 5) is 47.9. The number of H-pyrrole nitrogens is 1. The molecule has 9 atom stereocenters. The Bertz CT molecular complexity index is 1860. The second-order valence-electron chi connectivity index (χ2n) is 9.68. The minimum Gasteiger partial charge on any atom is -0.394 e. The molecule has 9 N–H and O–H groups in total. The number of nitrogens with one attached hydrogen (secondary N) is 1. The van der Waals surface area contributed by atoms with Gasteiger partial charge >= 0.3 is 7.82 Å². The quantitative estimate of drug-likeness (QED) is 0.0443. The van der Waals surface area contributed by atoms with Crippen molar-refractivity contribution in [1.82, 2.24) is 39.0 Å².